The predicted molar refractivity (Wildman–Crippen MR) is 126 cm³/mol. The number of para-hydroxylation sites is 1. The number of H-pyrrole nitrogens is 1. The van der Waals surface area contributed by atoms with Crippen LogP contribution < -0.4 is 20.8 Å². The van der Waals surface area contributed by atoms with Gasteiger partial charge in [-0.2, -0.15) is 5.26 Å². The number of pyridine rings is 1. The van der Waals surface area contributed by atoms with E-state index in [2.05, 4.69) is 11.1 Å². The molecule has 3 N–H and O–H groups in total. The second-order valence-electron chi connectivity index (χ2n) is 7.65. The Hall–Kier alpha value is -4.21. The molecule has 0 bridgehead atoms. The highest BCUT2D eigenvalue weighted by Gasteiger charge is 2.34. The van der Waals surface area contributed by atoms with Crippen LogP contribution >= 0.6 is 11.6 Å². The van der Waals surface area contributed by atoms with Crippen LogP contribution in [0.5, 0.6) is 11.5 Å². The number of benzene rings is 3. The smallest absolute Gasteiger partial charge is 0.256 e. The van der Waals surface area contributed by atoms with Gasteiger partial charge < -0.3 is 20.2 Å². The first kappa shape index (κ1) is 20.7. The molecule has 6 nitrogen and oxygen atoms in total. The molecule has 162 valence electrons. The van der Waals surface area contributed by atoms with E-state index >= 15 is 0 Å². The van der Waals surface area contributed by atoms with E-state index in [0.29, 0.717) is 34.2 Å². The van der Waals surface area contributed by atoms with Crippen molar-refractivity contribution in [1.29, 1.82) is 5.26 Å². The van der Waals surface area contributed by atoms with Gasteiger partial charge in [0, 0.05) is 10.4 Å². The summed E-state index contributed by atoms with van der Waals surface area (Å²) >= 11 is 6.03. The van der Waals surface area contributed by atoms with Gasteiger partial charge in [-0.1, -0.05) is 48.0 Å². The number of ether oxygens (including phenoxy) is 2. The molecular formula is C26H18ClN3O3. The van der Waals surface area contributed by atoms with Crippen LogP contribution in [0.4, 0.5) is 0 Å². The lowest BCUT2D eigenvalue weighted by atomic mass is 9.83. The van der Waals surface area contributed by atoms with Crippen LogP contribution in [0.3, 0.4) is 0 Å². The third-order valence-corrected chi connectivity index (χ3v) is 5.83. The molecule has 3 aromatic carbocycles. The Morgan fingerprint density at radius 3 is 2.64 bits per heavy atom. The van der Waals surface area contributed by atoms with Crippen molar-refractivity contribution in [3.05, 3.63) is 116 Å². The topological polar surface area (TPSA) is 101 Å². The fourth-order valence-electron chi connectivity index (χ4n) is 4.05. The number of nitriles is 1. The molecule has 1 aliphatic heterocycles. The number of hydrogen-bond donors (Lipinski definition) is 2. The fraction of sp³-hybridized carbons (Fsp3) is 0.0769. The number of rotatable bonds is 4. The molecular weight excluding hydrogens is 438 g/mol. The molecule has 7 heteroatoms. The predicted octanol–water partition coefficient (Wildman–Crippen LogP) is 4.98. The summed E-state index contributed by atoms with van der Waals surface area (Å²) in [5, 5.41) is 11.2. The molecule has 1 aliphatic rings. The largest absolute Gasteiger partial charge is 0.489 e. The molecule has 33 heavy (non-hydrogen) atoms. The maximum absolute atomic E-state index is 13.0. The lowest BCUT2D eigenvalue weighted by Crippen LogP contribution is -2.27. The lowest BCUT2D eigenvalue weighted by molar-refractivity contribution is 0.306. The summed E-state index contributed by atoms with van der Waals surface area (Å²) in [5.41, 5.74) is 8.65. The van der Waals surface area contributed by atoms with Crippen molar-refractivity contribution < 1.29 is 9.47 Å². The second kappa shape index (κ2) is 8.38. The number of halogens is 1. The van der Waals surface area contributed by atoms with Crippen LogP contribution in [0.2, 0.25) is 5.02 Å². The maximum Gasteiger partial charge on any atom is 0.256 e. The average Bonchev–Trinajstić information content (AvgIpc) is 2.82. The van der Waals surface area contributed by atoms with Gasteiger partial charge in [0.25, 0.3) is 5.56 Å². The van der Waals surface area contributed by atoms with E-state index < -0.39 is 5.92 Å². The molecule has 0 fully saturated rings. The van der Waals surface area contributed by atoms with Crippen LogP contribution in [0, 0.1) is 11.3 Å². The molecule has 0 spiro atoms. The standard InChI is InChI=1S/C26H18ClN3O3/c27-17-5-3-4-15(12-17)14-32-18-10-8-16(9-11-18)22-20(13-28)25(29)33-24-19-6-1-2-7-21(19)30-26(31)23(22)24/h1-12,22H,14,29H2,(H,30,31). The summed E-state index contributed by atoms with van der Waals surface area (Å²) in [6, 6.07) is 24.1. The summed E-state index contributed by atoms with van der Waals surface area (Å²) in [6.07, 6.45) is 0. The van der Waals surface area contributed by atoms with Gasteiger partial charge in [-0.15, -0.1) is 0 Å². The molecule has 0 saturated heterocycles. The van der Waals surface area contributed by atoms with Gasteiger partial charge in [0.2, 0.25) is 5.88 Å². The van der Waals surface area contributed by atoms with E-state index in [1.165, 1.54) is 0 Å². The fourth-order valence-corrected chi connectivity index (χ4v) is 4.27. The minimum atomic E-state index is -0.658. The zero-order chi connectivity index (χ0) is 22.9. The molecule has 2 heterocycles. The molecule has 5 rings (SSSR count). The number of allylic oxidation sites excluding steroid dienone is 1. The highest BCUT2D eigenvalue weighted by atomic mass is 35.5. The summed E-state index contributed by atoms with van der Waals surface area (Å²) in [6.45, 7) is 0.363. The molecule has 0 amide bonds. The molecule has 1 unspecified atom stereocenters. The van der Waals surface area contributed by atoms with Gasteiger partial charge in [0.1, 0.15) is 29.7 Å². The molecule has 1 atom stereocenters. The Morgan fingerprint density at radius 1 is 1.09 bits per heavy atom. The number of hydrogen-bond acceptors (Lipinski definition) is 5. The van der Waals surface area contributed by atoms with Gasteiger partial charge >= 0.3 is 0 Å². The monoisotopic (exact) mass is 455 g/mol. The third-order valence-electron chi connectivity index (χ3n) is 5.59. The Bertz CT molecular complexity index is 1500. The minimum absolute atomic E-state index is 0.00737. The van der Waals surface area contributed by atoms with Crippen molar-refractivity contribution in [1.82, 2.24) is 4.98 Å². The second-order valence-corrected chi connectivity index (χ2v) is 8.09. The first-order chi connectivity index (χ1) is 16.0. The SMILES string of the molecule is N#CC1=C(N)Oc2c(c(=O)[nH]c3ccccc23)C1c1ccc(OCc2cccc(Cl)c2)cc1. The first-order valence-electron chi connectivity index (χ1n) is 10.2. The average molecular weight is 456 g/mol. The number of nitrogens with one attached hydrogen (secondary N) is 1. The van der Waals surface area contributed by atoms with Crippen molar-refractivity contribution in [3.8, 4) is 17.6 Å². The van der Waals surface area contributed by atoms with Crippen molar-refractivity contribution >= 4 is 22.5 Å². The van der Waals surface area contributed by atoms with Gasteiger partial charge in [0.15, 0.2) is 0 Å². The zero-order valence-corrected chi connectivity index (χ0v) is 18.1. The third kappa shape index (κ3) is 3.79. The van der Waals surface area contributed by atoms with E-state index in [0.717, 1.165) is 16.5 Å². The number of nitrogens with two attached hydrogens (primary N) is 1. The summed E-state index contributed by atoms with van der Waals surface area (Å²) in [5.74, 6) is 0.354. The van der Waals surface area contributed by atoms with Crippen LogP contribution in [0.25, 0.3) is 10.9 Å². The summed E-state index contributed by atoms with van der Waals surface area (Å²) in [7, 11) is 0. The van der Waals surface area contributed by atoms with Gasteiger partial charge in [-0.05, 0) is 47.5 Å². The summed E-state index contributed by atoms with van der Waals surface area (Å²) < 4.78 is 11.6. The molecule has 4 aromatic rings. The summed E-state index contributed by atoms with van der Waals surface area (Å²) in [4.78, 5) is 15.9. The van der Waals surface area contributed by atoms with Gasteiger partial charge in [-0.25, -0.2) is 0 Å². The normalized spacial score (nSPS) is 15.0. The van der Waals surface area contributed by atoms with Gasteiger partial charge in [0.05, 0.1) is 17.0 Å². The van der Waals surface area contributed by atoms with Crippen LogP contribution in [0.1, 0.15) is 22.6 Å². The Balaban J connectivity index is 1.53. The van der Waals surface area contributed by atoms with E-state index in [9.17, 15) is 10.1 Å². The van der Waals surface area contributed by atoms with Crippen LogP contribution in [-0.4, -0.2) is 4.98 Å². The van der Waals surface area contributed by atoms with Crippen LogP contribution in [-0.2, 0) is 6.61 Å². The Labute approximate surface area is 194 Å². The Morgan fingerprint density at radius 2 is 1.88 bits per heavy atom. The molecule has 0 radical (unpaired) electrons. The molecule has 1 aromatic heterocycles. The quantitative estimate of drug-likeness (QED) is 0.452. The highest BCUT2D eigenvalue weighted by molar-refractivity contribution is 6.30. The molecule has 0 saturated carbocycles. The lowest BCUT2D eigenvalue weighted by Gasteiger charge is -2.26. The van der Waals surface area contributed by atoms with E-state index in [-0.39, 0.29) is 17.0 Å². The Kier molecular flexibility index (Phi) is 5.25. The first-order valence-corrected chi connectivity index (χ1v) is 10.6. The van der Waals surface area contributed by atoms with Gasteiger partial charge in [-0.3, -0.25) is 4.79 Å². The minimum Gasteiger partial charge on any atom is -0.489 e. The zero-order valence-electron chi connectivity index (χ0n) is 17.3. The van der Waals surface area contributed by atoms with Crippen LogP contribution in [0.15, 0.2) is 89.0 Å². The maximum atomic E-state index is 13.0. The highest BCUT2D eigenvalue weighted by Crippen LogP contribution is 2.43. The van der Waals surface area contributed by atoms with E-state index in [1.54, 1.807) is 18.2 Å². The number of aromatic nitrogens is 1. The number of nitrogens with zero attached hydrogens (tertiary/aromatic N) is 1. The van der Waals surface area contributed by atoms with Crippen molar-refractivity contribution in [3.63, 3.8) is 0 Å². The van der Waals surface area contributed by atoms with E-state index in [1.807, 2.05) is 54.6 Å². The molecule has 0 aliphatic carbocycles. The number of aromatic amines is 1. The van der Waals surface area contributed by atoms with Crippen molar-refractivity contribution in [2.45, 2.75) is 12.5 Å². The van der Waals surface area contributed by atoms with Crippen molar-refractivity contribution in [2.75, 3.05) is 0 Å². The van der Waals surface area contributed by atoms with E-state index in [4.69, 9.17) is 26.8 Å². The number of fused-ring (bicyclic) bond motifs is 3. The van der Waals surface area contributed by atoms with Crippen molar-refractivity contribution in [2.24, 2.45) is 5.73 Å².